The second-order valence-corrected chi connectivity index (χ2v) is 4.70. The van der Waals surface area contributed by atoms with E-state index in [0.717, 1.165) is 12.1 Å². The maximum absolute atomic E-state index is 13.7. The first kappa shape index (κ1) is 13.1. The number of rotatable bonds is 1. The monoisotopic (exact) mass is 300 g/mol. The van der Waals surface area contributed by atoms with Gasteiger partial charge in [-0.05, 0) is 30.3 Å². The molecule has 0 saturated carbocycles. The summed E-state index contributed by atoms with van der Waals surface area (Å²) < 4.78 is 40.0. The van der Waals surface area contributed by atoms with E-state index in [1.54, 1.807) is 0 Å². The van der Waals surface area contributed by atoms with Crippen molar-refractivity contribution < 1.29 is 18.4 Å². The molecule has 20 heavy (non-hydrogen) atoms. The van der Waals surface area contributed by atoms with Crippen LogP contribution < -0.4 is 9.96 Å². The number of hydroxylamine groups is 1. The average molecular weight is 301 g/mol. The van der Waals surface area contributed by atoms with Crippen LogP contribution in [0.1, 0.15) is 0 Å². The molecule has 0 radical (unpaired) electrons. The number of fused-ring (bicyclic) bond motifs is 1. The Morgan fingerprint density at radius 3 is 2.45 bits per heavy atom. The van der Waals surface area contributed by atoms with E-state index in [4.69, 9.17) is 11.6 Å². The van der Waals surface area contributed by atoms with Crippen molar-refractivity contribution in [2.24, 2.45) is 0 Å². The van der Waals surface area contributed by atoms with Gasteiger partial charge in [0.05, 0.1) is 10.7 Å². The van der Waals surface area contributed by atoms with Gasteiger partial charge in [0.25, 0.3) is 0 Å². The van der Waals surface area contributed by atoms with Gasteiger partial charge in [-0.1, -0.05) is 11.6 Å². The summed E-state index contributed by atoms with van der Waals surface area (Å²) in [6.45, 7) is -0.113. The predicted molar refractivity (Wildman–Crippen MR) is 69.0 cm³/mol. The van der Waals surface area contributed by atoms with E-state index in [1.165, 1.54) is 23.1 Å². The van der Waals surface area contributed by atoms with Gasteiger partial charge in [0.2, 0.25) is 0 Å². The summed E-state index contributed by atoms with van der Waals surface area (Å²) in [5, 5.41) is 10.2. The molecule has 0 spiro atoms. The molecule has 0 amide bonds. The van der Waals surface area contributed by atoms with Crippen LogP contribution in [0.3, 0.4) is 0 Å². The number of anilines is 3. The molecule has 0 fully saturated rings. The molecular formula is C13H8ClF3N2O. The summed E-state index contributed by atoms with van der Waals surface area (Å²) in [6, 6.07) is 6.25. The van der Waals surface area contributed by atoms with Crippen LogP contribution in [0.15, 0.2) is 30.3 Å². The van der Waals surface area contributed by atoms with Crippen molar-refractivity contribution in [3.63, 3.8) is 0 Å². The lowest BCUT2D eigenvalue weighted by Crippen LogP contribution is -2.24. The van der Waals surface area contributed by atoms with Crippen LogP contribution >= 0.6 is 11.6 Å². The van der Waals surface area contributed by atoms with E-state index < -0.39 is 17.5 Å². The van der Waals surface area contributed by atoms with Gasteiger partial charge >= 0.3 is 0 Å². The second-order valence-electron chi connectivity index (χ2n) is 4.30. The predicted octanol–water partition coefficient (Wildman–Crippen LogP) is 4.06. The molecule has 1 aliphatic rings. The molecule has 7 heteroatoms. The number of nitrogens with zero attached hydrogens (tertiary/aromatic N) is 2. The smallest absolute Gasteiger partial charge is 0.186 e. The minimum Gasteiger partial charge on any atom is -0.319 e. The summed E-state index contributed by atoms with van der Waals surface area (Å²) in [5.41, 5.74) is 0.472. The van der Waals surface area contributed by atoms with E-state index in [1.807, 2.05) is 0 Å². The van der Waals surface area contributed by atoms with Crippen molar-refractivity contribution in [1.82, 2.24) is 0 Å². The van der Waals surface area contributed by atoms with Gasteiger partial charge in [0, 0.05) is 5.69 Å². The Hall–Kier alpha value is -1.92. The van der Waals surface area contributed by atoms with Crippen molar-refractivity contribution >= 4 is 28.7 Å². The Balaban J connectivity index is 2.11. The molecule has 0 bridgehead atoms. The summed E-state index contributed by atoms with van der Waals surface area (Å²) in [4.78, 5) is 1.49. The zero-order valence-electron chi connectivity index (χ0n) is 9.95. The van der Waals surface area contributed by atoms with Crippen molar-refractivity contribution in [3.8, 4) is 0 Å². The fraction of sp³-hybridized carbons (Fsp3) is 0.0769. The number of hydrogen-bond donors (Lipinski definition) is 1. The first-order valence-electron chi connectivity index (χ1n) is 5.66. The first-order valence-corrected chi connectivity index (χ1v) is 6.04. The Labute approximate surface area is 117 Å². The first-order chi connectivity index (χ1) is 9.49. The second kappa shape index (κ2) is 4.57. The van der Waals surface area contributed by atoms with Crippen LogP contribution in [0.4, 0.5) is 30.2 Å². The van der Waals surface area contributed by atoms with Gasteiger partial charge in [-0.2, -0.15) is 0 Å². The third-order valence-corrected chi connectivity index (χ3v) is 3.38. The summed E-state index contributed by atoms with van der Waals surface area (Å²) in [7, 11) is 0. The van der Waals surface area contributed by atoms with E-state index in [2.05, 4.69) is 0 Å². The molecule has 0 saturated heterocycles. The molecule has 0 aromatic heterocycles. The SMILES string of the molecule is ON1CN(c2ccc(F)c(Cl)c2)c2ccc(F)c(F)c21. The third-order valence-electron chi connectivity index (χ3n) is 3.09. The van der Waals surface area contributed by atoms with Crippen LogP contribution in [0.2, 0.25) is 5.02 Å². The van der Waals surface area contributed by atoms with Crippen LogP contribution in [0, 0.1) is 17.5 Å². The largest absolute Gasteiger partial charge is 0.319 e. The van der Waals surface area contributed by atoms with Crippen LogP contribution in [0.25, 0.3) is 0 Å². The van der Waals surface area contributed by atoms with Gasteiger partial charge in [-0.3, -0.25) is 5.21 Å². The normalized spacial score (nSPS) is 13.8. The molecule has 0 unspecified atom stereocenters. The van der Waals surface area contributed by atoms with Gasteiger partial charge in [0.15, 0.2) is 11.6 Å². The molecule has 104 valence electrons. The summed E-state index contributed by atoms with van der Waals surface area (Å²) >= 11 is 5.70. The molecule has 0 atom stereocenters. The molecule has 2 aromatic rings. The van der Waals surface area contributed by atoms with Gasteiger partial charge in [0.1, 0.15) is 18.2 Å². The fourth-order valence-electron chi connectivity index (χ4n) is 2.15. The van der Waals surface area contributed by atoms with Crippen LogP contribution in [-0.4, -0.2) is 11.9 Å². The van der Waals surface area contributed by atoms with E-state index in [-0.39, 0.29) is 23.1 Å². The Morgan fingerprint density at radius 1 is 1.05 bits per heavy atom. The minimum absolute atomic E-state index is 0.0944. The molecule has 1 aliphatic heterocycles. The van der Waals surface area contributed by atoms with E-state index in [9.17, 15) is 18.4 Å². The Kier molecular flexibility index (Phi) is 2.99. The lowest BCUT2D eigenvalue weighted by Gasteiger charge is -2.18. The third kappa shape index (κ3) is 1.88. The van der Waals surface area contributed by atoms with Gasteiger partial charge < -0.3 is 4.90 Å². The topological polar surface area (TPSA) is 26.7 Å². The maximum Gasteiger partial charge on any atom is 0.186 e. The molecule has 0 aliphatic carbocycles. The highest BCUT2D eigenvalue weighted by Gasteiger charge is 2.31. The highest BCUT2D eigenvalue weighted by atomic mass is 35.5. The molecule has 1 heterocycles. The average Bonchev–Trinajstić information content (AvgIpc) is 2.75. The standard InChI is InChI=1S/C13H8ClF3N2O/c14-8-5-7(1-2-9(8)15)18-6-19(20)13-11(18)4-3-10(16)12(13)17/h1-5,20H,6H2. The zero-order chi connectivity index (χ0) is 14.4. The number of benzene rings is 2. The zero-order valence-corrected chi connectivity index (χ0v) is 10.7. The fourth-order valence-corrected chi connectivity index (χ4v) is 2.32. The minimum atomic E-state index is -1.14. The van der Waals surface area contributed by atoms with Crippen LogP contribution in [0.5, 0.6) is 0 Å². The molecule has 3 nitrogen and oxygen atoms in total. The van der Waals surface area contributed by atoms with Gasteiger partial charge in [-0.25, -0.2) is 18.2 Å². The highest BCUT2D eigenvalue weighted by Crippen LogP contribution is 2.42. The summed E-state index contributed by atoms with van der Waals surface area (Å²) in [5.74, 6) is -2.77. The van der Waals surface area contributed by atoms with E-state index in [0.29, 0.717) is 10.8 Å². The summed E-state index contributed by atoms with van der Waals surface area (Å²) in [6.07, 6.45) is 0. The van der Waals surface area contributed by atoms with Gasteiger partial charge in [-0.15, -0.1) is 0 Å². The molecule has 1 N–H and O–H groups in total. The Morgan fingerprint density at radius 2 is 1.75 bits per heavy atom. The molecular weight excluding hydrogens is 293 g/mol. The lowest BCUT2D eigenvalue weighted by molar-refractivity contribution is 0.260. The Bertz CT molecular complexity index is 696. The van der Waals surface area contributed by atoms with Crippen molar-refractivity contribution in [2.75, 3.05) is 16.6 Å². The van der Waals surface area contributed by atoms with E-state index >= 15 is 0 Å². The quantitative estimate of drug-likeness (QED) is 0.860. The number of hydrogen-bond acceptors (Lipinski definition) is 3. The van der Waals surface area contributed by atoms with Crippen molar-refractivity contribution in [3.05, 3.63) is 52.8 Å². The molecule has 2 aromatic carbocycles. The van der Waals surface area contributed by atoms with Crippen LogP contribution in [-0.2, 0) is 0 Å². The maximum atomic E-state index is 13.7. The van der Waals surface area contributed by atoms with Crippen molar-refractivity contribution in [2.45, 2.75) is 0 Å². The number of halogens is 4. The highest BCUT2D eigenvalue weighted by molar-refractivity contribution is 6.31. The molecule has 3 rings (SSSR count). The lowest BCUT2D eigenvalue weighted by atomic mass is 10.2. The van der Waals surface area contributed by atoms with Crippen molar-refractivity contribution in [1.29, 1.82) is 0 Å².